The number of carbonyl (C=O) groups is 1. The Morgan fingerprint density at radius 3 is 2.34 bits per heavy atom. The quantitative estimate of drug-likeness (QED) is 0.347. The van der Waals surface area contributed by atoms with Crippen LogP contribution in [0.2, 0.25) is 5.15 Å². The van der Waals surface area contributed by atoms with E-state index in [1.165, 1.54) is 4.68 Å². The summed E-state index contributed by atoms with van der Waals surface area (Å²) in [6.07, 6.45) is 0.0768. The van der Waals surface area contributed by atoms with Crippen molar-refractivity contribution in [2.24, 2.45) is 7.05 Å². The number of halogens is 1. The fraction of sp³-hybridized carbons (Fsp3) is 0.409. The first-order valence-electron chi connectivity index (χ1n) is 9.45. The van der Waals surface area contributed by atoms with Gasteiger partial charge in [-0.1, -0.05) is 56.6 Å². The zero-order chi connectivity index (χ0) is 21.8. The molecule has 6 nitrogen and oxygen atoms in total. The minimum atomic E-state index is -0.904. The van der Waals surface area contributed by atoms with Crippen LogP contribution in [-0.4, -0.2) is 22.5 Å². The summed E-state index contributed by atoms with van der Waals surface area (Å²) in [4.78, 5) is 12.1. The number of aromatic nitrogens is 2. The number of hydrogen-bond acceptors (Lipinski definition) is 5. The van der Waals surface area contributed by atoms with Crippen molar-refractivity contribution in [2.75, 3.05) is 6.61 Å². The standard InChI is InChI=1S/C22H26ClN3O3/c1-7-22(4,5)16-11-9-15(10-12-16)17(13-24)19(29-21(27)28-8-2)18-14(3)25-26(6)20(18)23/h9-12H,7-8H2,1-6H3/b19-17+. The molecule has 0 saturated carbocycles. The lowest BCUT2D eigenvalue weighted by Gasteiger charge is -2.23. The van der Waals surface area contributed by atoms with Crippen LogP contribution in [0.3, 0.4) is 0 Å². The number of nitriles is 1. The summed E-state index contributed by atoms with van der Waals surface area (Å²) in [5.41, 5.74) is 2.89. The molecule has 29 heavy (non-hydrogen) atoms. The Labute approximate surface area is 176 Å². The largest absolute Gasteiger partial charge is 0.513 e. The molecule has 0 atom stereocenters. The molecule has 0 amide bonds. The summed E-state index contributed by atoms with van der Waals surface area (Å²) in [6, 6.07) is 9.81. The van der Waals surface area contributed by atoms with Gasteiger partial charge < -0.3 is 9.47 Å². The smallest absolute Gasteiger partial charge is 0.434 e. The van der Waals surface area contributed by atoms with E-state index in [1.54, 1.807) is 20.9 Å². The van der Waals surface area contributed by atoms with Crippen LogP contribution in [-0.2, 0) is 21.9 Å². The van der Waals surface area contributed by atoms with E-state index in [4.69, 9.17) is 21.1 Å². The normalized spacial score (nSPS) is 12.2. The minimum absolute atomic E-state index is 0.0164. The molecule has 1 aromatic heterocycles. The summed E-state index contributed by atoms with van der Waals surface area (Å²) in [6.45, 7) is 10.0. The van der Waals surface area contributed by atoms with Gasteiger partial charge in [0.1, 0.15) is 16.8 Å². The molecule has 154 valence electrons. The molecule has 0 N–H and O–H groups in total. The third-order valence-corrected chi connectivity index (χ3v) is 5.44. The van der Waals surface area contributed by atoms with Gasteiger partial charge in [0.05, 0.1) is 17.9 Å². The van der Waals surface area contributed by atoms with E-state index in [0.717, 1.165) is 12.0 Å². The lowest BCUT2D eigenvalue weighted by Crippen LogP contribution is -2.15. The van der Waals surface area contributed by atoms with Crippen molar-refractivity contribution in [2.45, 2.75) is 46.5 Å². The molecule has 2 aromatic rings. The second-order valence-electron chi connectivity index (χ2n) is 7.29. The molecule has 7 heteroatoms. The Bertz CT molecular complexity index is 966. The average molecular weight is 416 g/mol. The van der Waals surface area contributed by atoms with Gasteiger partial charge in [0.15, 0.2) is 5.76 Å². The zero-order valence-corrected chi connectivity index (χ0v) is 18.4. The molecule has 1 heterocycles. The van der Waals surface area contributed by atoms with Gasteiger partial charge in [-0.3, -0.25) is 4.68 Å². The highest BCUT2D eigenvalue weighted by atomic mass is 35.5. The van der Waals surface area contributed by atoms with Crippen LogP contribution in [0.1, 0.15) is 56.5 Å². The van der Waals surface area contributed by atoms with E-state index in [1.807, 2.05) is 24.3 Å². The topological polar surface area (TPSA) is 77.1 Å². The Kier molecular flexibility index (Phi) is 7.10. The molecule has 0 aliphatic rings. The Balaban J connectivity index is 2.66. The van der Waals surface area contributed by atoms with Crippen LogP contribution < -0.4 is 0 Å². The van der Waals surface area contributed by atoms with Gasteiger partial charge in [0.25, 0.3) is 0 Å². The van der Waals surface area contributed by atoms with Crippen LogP contribution in [0, 0.1) is 18.3 Å². The first kappa shape index (κ1) is 22.5. The van der Waals surface area contributed by atoms with Crippen LogP contribution in [0.5, 0.6) is 0 Å². The van der Waals surface area contributed by atoms with Crippen molar-refractivity contribution < 1.29 is 14.3 Å². The van der Waals surface area contributed by atoms with Gasteiger partial charge >= 0.3 is 6.16 Å². The van der Waals surface area contributed by atoms with E-state index in [2.05, 4.69) is 31.9 Å². The van der Waals surface area contributed by atoms with Crippen molar-refractivity contribution in [3.05, 3.63) is 51.8 Å². The highest BCUT2D eigenvalue weighted by molar-refractivity contribution is 6.31. The lowest BCUT2D eigenvalue weighted by molar-refractivity contribution is 0.0955. The van der Waals surface area contributed by atoms with Crippen LogP contribution in [0.25, 0.3) is 11.3 Å². The fourth-order valence-electron chi connectivity index (χ4n) is 2.88. The third kappa shape index (κ3) is 4.80. The maximum absolute atomic E-state index is 12.1. The number of hydrogen-bond donors (Lipinski definition) is 0. The van der Waals surface area contributed by atoms with Gasteiger partial charge in [0, 0.05) is 7.05 Å². The van der Waals surface area contributed by atoms with Crippen molar-refractivity contribution in [1.29, 1.82) is 5.26 Å². The molecular formula is C22H26ClN3O3. The van der Waals surface area contributed by atoms with E-state index in [0.29, 0.717) is 16.8 Å². The van der Waals surface area contributed by atoms with E-state index in [-0.39, 0.29) is 28.5 Å². The monoisotopic (exact) mass is 415 g/mol. The highest BCUT2D eigenvalue weighted by Gasteiger charge is 2.25. The average Bonchev–Trinajstić information content (AvgIpc) is 2.94. The molecule has 0 saturated heterocycles. The molecule has 0 spiro atoms. The number of rotatable bonds is 6. The lowest BCUT2D eigenvalue weighted by atomic mass is 9.82. The van der Waals surface area contributed by atoms with Crippen molar-refractivity contribution in [3.8, 4) is 6.07 Å². The second-order valence-corrected chi connectivity index (χ2v) is 7.65. The maximum atomic E-state index is 12.1. The van der Waals surface area contributed by atoms with Crippen LogP contribution in [0.15, 0.2) is 24.3 Å². The SMILES string of the molecule is CCOC(=O)O/C(=C(\C#N)c1ccc(C(C)(C)CC)cc1)c1c(C)nn(C)c1Cl. The molecule has 0 radical (unpaired) electrons. The Morgan fingerprint density at radius 1 is 1.28 bits per heavy atom. The molecule has 0 fully saturated rings. The Hall–Kier alpha value is -2.78. The van der Waals surface area contributed by atoms with Gasteiger partial charge in [-0.15, -0.1) is 0 Å². The minimum Gasteiger partial charge on any atom is -0.434 e. The Morgan fingerprint density at radius 2 is 1.90 bits per heavy atom. The molecule has 0 bridgehead atoms. The number of ether oxygens (including phenoxy) is 2. The maximum Gasteiger partial charge on any atom is 0.513 e. The molecule has 0 unspecified atom stereocenters. The van der Waals surface area contributed by atoms with Gasteiger partial charge in [-0.05, 0) is 36.8 Å². The third-order valence-electron chi connectivity index (χ3n) is 5.00. The predicted octanol–water partition coefficient (Wildman–Crippen LogP) is 5.63. The van der Waals surface area contributed by atoms with E-state index < -0.39 is 6.16 Å². The zero-order valence-electron chi connectivity index (χ0n) is 17.7. The summed E-state index contributed by atoms with van der Waals surface area (Å²) >= 11 is 6.39. The molecular weight excluding hydrogens is 390 g/mol. The van der Waals surface area contributed by atoms with Crippen LogP contribution >= 0.6 is 11.6 Å². The first-order chi connectivity index (χ1) is 13.7. The van der Waals surface area contributed by atoms with Gasteiger partial charge in [-0.2, -0.15) is 10.4 Å². The van der Waals surface area contributed by atoms with Crippen molar-refractivity contribution in [1.82, 2.24) is 9.78 Å². The molecule has 2 rings (SSSR count). The molecule has 1 aromatic carbocycles. The predicted molar refractivity (Wildman–Crippen MR) is 113 cm³/mol. The number of allylic oxidation sites excluding steroid dienone is 1. The van der Waals surface area contributed by atoms with E-state index >= 15 is 0 Å². The van der Waals surface area contributed by atoms with Crippen molar-refractivity contribution >= 4 is 29.1 Å². The van der Waals surface area contributed by atoms with Crippen molar-refractivity contribution in [3.63, 3.8) is 0 Å². The number of benzene rings is 1. The summed E-state index contributed by atoms with van der Waals surface area (Å²) < 4.78 is 11.8. The summed E-state index contributed by atoms with van der Waals surface area (Å²) in [5.74, 6) is 0.0315. The highest BCUT2D eigenvalue weighted by Crippen LogP contribution is 2.35. The summed E-state index contributed by atoms with van der Waals surface area (Å²) in [7, 11) is 1.68. The number of carbonyl (C=O) groups excluding carboxylic acids is 1. The van der Waals surface area contributed by atoms with Crippen LogP contribution in [0.4, 0.5) is 4.79 Å². The van der Waals surface area contributed by atoms with E-state index in [9.17, 15) is 10.1 Å². The summed E-state index contributed by atoms with van der Waals surface area (Å²) in [5, 5.41) is 14.4. The number of nitrogens with zero attached hydrogens (tertiary/aromatic N) is 3. The number of aryl methyl sites for hydroxylation is 2. The molecule has 0 aliphatic carbocycles. The first-order valence-corrected chi connectivity index (χ1v) is 9.83. The second kappa shape index (κ2) is 9.15. The van der Waals surface area contributed by atoms with Gasteiger partial charge in [0.2, 0.25) is 0 Å². The molecule has 0 aliphatic heterocycles. The van der Waals surface area contributed by atoms with Gasteiger partial charge in [-0.25, -0.2) is 4.79 Å². The fourth-order valence-corrected chi connectivity index (χ4v) is 3.14.